The number of morpholine rings is 1. The summed E-state index contributed by atoms with van der Waals surface area (Å²) in [6, 6.07) is 24.1. The second-order valence-electron chi connectivity index (χ2n) is 10.1. The number of hydrogen-bond acceptors (Lipinski definition) is 6. The van der Waals surface area contributed by atoms with Crippen LogP contribution in [0.4, 0.5) is 5.13 Å². The Morgan fingerprint density at radius 3 is 2.49 bits per heavy atom. The maximum Gasteiger partial charge on any atom is 0.260 e. The van der Waals surface area contributed by atoms with Crippen molar-refractivity contribution in [1.29, 1.82) is 0 Å². The lowest BCUT2D eigenvalue weighted by Gasteiger charge is -2.28. The van der Waals surface area contributed by atoms with E-state index in [1.165, 1.54) is 5.56 Å². The minimum atomic E-state index is -0.0397. The van der Waals surface area contributed by atoms with Gasteiger partial charge in [0.25, 0.3) is 5.91 Å². The molecule has 3 aromatic carbocycles. The molecule has 0 aliphatic carbocycles. The topological polar surface area (TPSA) is 58.6 Å². The minimum Gasteiger partial charge on any atom is -0.379 e. The molecule has 7 heteroatoms. The number of nitrogens with zero attached hydrogens (tertiary/aromatic N) is 4. The van der Waals surface area contributed by atoms with Gasteiger partial charge in [-0.05, 0) is 43.5 Å². The van der Waals surface area contributed by atoms with Crippen molar-refractivity contribution < 1.29 is 9.53 Å². The number of ether oxygens (including phenoxy) is 1. The Kier molecular flexibility index (Phi) is 7.37. The van der Waals surface area contributed by atoms with E-state index in [2.05, 4.69) is 30.9 Å². The molecule has 1 saturated heterocycles. The van der Waals surface area contributed by atoms with Crippen molar-refractivity contribution in [2.45, 2.75) is 20.3 Å². The molecular formula is C32H32N4O2S. The summed E-state index contributed by atoms with van der Waals surface area (Å²) in [6.45, 7) is 9.10. The highest BCUT2D eigenvalue weighted by atomic mass is 32.1. The zero-order valence-corrected chi connectivity index (χ0v) is 23.2. The normalized spacial score (nSPS) is 14.2. The molecule has 198 valence electrons. The first-order chi connectivity index (χ1) is 19.1. The van der Waals surface area contributed by atoms with Gasteiger partial charge in [0.05, 0.1) is 40.2 Å². The number of aryl methyl sites for hydroxylation is 2. The number of hydrogen-bond donors (Lipinski definition) is 0. The van der Waals surface area contributed by atoms with Crippen LogP contribution in [0.3, 0.4) is 0 Å². The number of rotatable bonds is 7. The lowest BCUT2D eigenvalue weighted by atomic mass is 10.0. The maximum absolute atomic E-state index is 14.5. The first kappa shape index (κ1) is 25.6. The van der Waals surface area contributed by atoms with Crippen LogP contribution < -0.4 is 4.90 Å². The van der Waals surface area contributed by atoms with Crippen LogP contribution in [0.2, 0.25) is 0 Å². The molecule has 2 aromatic heterocycles. The van der Waals surface area contributed by atoms with E-state index in [0.29, 0.717) is 12.1 Å². The van der Waals surface area contributed by atoms with Gasteiger partial charge in [-0.25, -0.2) is 9.97 Å². The number of carbonyl (C=O) groups excluding carboxylic acids is 1. The second kappa shape index (κ2) is 11.2. The zero-order chi connectivity index (χ0) is 26.8. The van der Waals surface area contributed by atoms with E-state index in [4.69, 9.17) is 14.7 Å². The molecule has 0 spiro atoms. The van der Waals surface area contributed by atoms with E-state index in [9.17, 15) is 4.79 Å². The van der Waals surface area contributed by atoms with Gasteiger partial charge in [0.1, 0.15) is 0 Å². The van der Waals surface area contributed by atoms with Crippen LogP contribution in [-0.2, 0) is 4.74 Å². The van der Waals surface area contributed by atoms with Crippen molar-refractivity contribution in [3.05, 3.63) is 89.5 Å². The lowest BCUT2D eigenvalue weighted by molar-refractivity contribution is 0.0376. The summed E-state index contributed by atoms with van der Waals surface area (Å²) in [5, 5.41) is 1.60. The highest BCUT2D eigenvalue weighted by Gasteiger charge is 2.25. The van der Waals surface area contributed by atoms with E-state index < -0.39 is 0 Å². The number of pyridine rings is 1. The van der Waals surface area contributed by atoms with Crippen LogP contribution in [0.5, 0.6) is 0 Å². The molecule has 3 heterocycles. The van der Waals surface area contributed by atoms with Crippen molar-refractivity contribution in [2.24, 2.45) is 0 Å². The fraction of sp³-hybridized carbons (Fsp3) is 0.281. The number of aromatic nitrogens is 2. The van der Waals surface area contributed by atoms with Crippen LogP contribution in [-0.4, -0.2) is 60.2 Å². The molecule has 5 aromatic rings. The summed E-state index contributed by atoms with van der Waals surface area (Å²) in [5.74, 6) is -0.0397. The van der Waals surface area contributed by atoms with Crippen molar-refractivity contribution in [3.63, 3.8) is 0 Å². The Bertz CT molecular complexity index is 1590. The number of para-hydroxylation sites is 1. The molecule has 1 amide bonds. The van der Waals surface area contributed by atoms with Crippen molar-refractivity contribution >= 4 is 43.5 Å². The van der Waals surface area contributed by atoms with Crippen LogP contribution in [0.15, 0.2) is 72.8 Å². The average molecular weight is 537 g/mol. The monoisotopic (exact) mass is 536 g/mol. The largest absolute Gasteiger partial charge is 0.379 e. The zero-order valence-electron chi connectivity index (χ0n) is 22.4. The third-order valence-electron chi connectivity index (χ3n) is 7.38. The van der Waals surface area contributed by atoms with Gasteiger partial charge in [-0.3, -0.25) is 14.6 Å². The van der Waals surface area contributed by atoms with Crippen LogP contribution >= 0.6 is 11.3 Å². The molecule has 0 saturated carbocycles. The highest BCUT2D eigenvalue weighted by Crippen LogP contribution is 2.35. The van der Waals surface area contributed by atoms with Gasteiger partial charge in [-0.2, -0.15) is 0 Å². The van der Waals surface area contributed by atoms with Gasteiger partial charge in [0, 0.05) is 37.1 Å². The Hall–Kier alpha value is -3.65. The smallest absolute Gasteiger partial charge is 0.260 e. The number of anilines is 1. The van der Waals surface area contributed by atoms with Gasteiger partial charge >= 0.3 is 0 Å². The van der Waals surface area contributed by atoms with Crippen LogP contribution in [0.1, 0.15) is 27.9 Å². The predicted molar refractivity (Wildman–Crippen MR) is 160 cm³/mol. The molecule has 0 unspecified atom stereocenters. The Labute approximate surface area is 232 Å². The molecule has 1 aliphatic rings. The van der Waals surface area contributed by atoms with E-state index >= 15 is 0 Å². The summed E-state index contributed by atoms with van der Waals surface area (Å²) in [5.41, 5.74) is 6.53. The fourth-order valence-electron chi connectivity index (χ4n) is 5.18. The minimum absolute atomic E-state index is 0.0397. The summed E-state index contributed by atoms with van der Waals surface area (Å²) >= 11 is 1.61. The molecule has 0 atom stereocenters. The van der Waals surface area contributed by atoms with E-state index in [1.807, 2.05) is 65.6 Å². The summed E-state index contributed by atoms with van der Waals surface area (Å²) in [6.07, 6.45) is 0.855. The third-order valence-corrected chi connectivity index (χ3v) is 8.60. The molecule has 6 nitrogen and oxygen atoms in total. The van der Waals surface area contributed by atoms with Crippen molar-refractivity contribution in [1.82, 2.24) is 14.9 Å². The Morgan fingerprint density at radius 1 is 0.949 bits per heavy atom. The molecule has 0 bridgehead atoms. The second-order valence-corrected chi connectivity index (χ2v) is 11.1. The van der Waals surface area contributed by atoms with Crippen molar-refractivity contribution in [3.8, 4) is 11.3 Å². The summed E-state index contributed by atoms with van der Waals surface area (Å²) in [7, 11) is 0. The number of amides is 1. The van der Waals surface area contributed by atoms with Gasteiger partial charge in [-0.15, -0.1) is 0 Å². The van der Waals surface area contributed by atoms with Gasteiger partial charge < -0.3 is 4.74 Å². The van der Waals surface area contributed by atoms with Crippen molar-refractivity contribution in [2.75, 3.05) is 44.3 Å². The molecular weight excluding hydrogens is 504 g/mol. The fourth-order valence-corrected chi connectivity index (χ4v) is 6.32. The number of thiazole rings is 1. The van der Waals surface area contributed by atoms with E-state index in [1.54, 1.807) is 11.3 Å². The standard InChI is InChI=1S/C32H32N4O2S/c1-22-13-14-23(2)30-29(22)34-32(39-30)36(16-8-15-35-17-19-38-20-18-35)31(37)26-21-28(24-9-4-3-5-10-24)33-27-12-7-6-11-25(26)27/h3-7,9-14,21H,8,15-20H2,1-2H3. The lowest BCUT2D eigenvalue weighted by Crippen LogP contribution is -2.39. The van der Waals surface area contributed by atoms with Gasteiger partial charge in [0.2, 0.25) is 0 Å². The Morgan fingerprint density at radius 2 is 1.69 bits per heavy atom. The number of fused-ring (bicyclic) bond motifs is 2. The SMILES string of the molecule is Cc1ccc(C)c2sc(N(CCCN3CCOCC3)C(=O)c3cc(-c4ccccc4)nc4ccccc34)nc12. The molecule has 1 aliphatic heterocycles. The van der Waals surface area contributed by atoms with E-state index in [-0.39, 0.29) is 5.91 Å². The van der Waals surface area contributed by atoms with E-state index in [0.717, 1.165) is 82.3 Å². The van der Waals surface area contributed by atoms with Gasteiger partial charge in [0.15, 0.2) is 5.13 Å². The summed E-state index contributed by atoms with van der Waals surface area (Å²) < 4.78 is 6.66. The number of carbonyl (C=O) groups is 1. The van der Waals surface area contributed by atoms with Crippen LogP contribution in [0, 0.1) is 13.8 Å². The predicted octanol–water partition coefficient (Wildman–Crippen LogP) is 6.50. The molecule has 39 heavy (non-hydrogen) atoms. The number of benzene rings is 3. The quantitative estimate of drug-likeness (QED) is 0.238. The highest BCUT2D eigenvalue weighted by molar-refractivity contribution is 7.22. The third kappa shape index (κ3) is 5.30. The molecule has 0 N–H and O–H groups in total. The molecule has 0 radical (unpaired) electrons. The molecule has 1 fully saturated rings. The maximum atomic E-state index is 14.5. The Balaban J connectivity index is 1.42. The van der Waals surface area contributed by atoms with Gasteiger partial charge in [-0.1, -0.05) is 72.0 Å². The average Bonchev–Trinajstić information content (AvgIpc) is 3.44. The first-order valence-corrected chi connectivity index (χ1v) is 14.3. The molecule has 6 rings (SSSR count). The first-order valence-electron chi connectivity index (χ1n) is 13.5. The van der Waals surface area contributed by atoms with Crippen LogP contribution in [0.25, 0.3) is 32.4 Å². The summed E-state index contributed by atoms with van der Waals surface area (Å²) in [4.78, 5) is 28.7.